The van der Waals surface area contributed by atoms with Gasteiger partial charge in [-0.15, -0.1) is 0 Å². The molecule has 0 heterocycles. The molecule has 20 heavy (non-hydrogen) atoms. The predicted octanol–water partition coefficient (Wildman–Crippen LogP) is 2.31. The van der Waals surface area contributed by atoms with Crippen molar-refractivity contribution in [2.75, 3.05) is 19.8 Å². The molecule has 0 aliphatic carbocycles. The van der Waals surface area contributed by atoms with Crippen LogP contribution >= 0.6 is 0 Å². The predicted molar refractivity (Wildman–Crippen MR) is 76.1 cm³/mol. The number of carbonyl (C=O) groups excluding carboxylic acids is 2. The van der Waals surface area contributed by atoms with Crippen LogP contribution in [0.2, 0.25) is 0 Å². The SMILES string of the molecule is CCCCOC(=O)C(C)(CC)CC(C)C(=O)OCCO. The molecule has 0 amide bonds. The molecule has 0 aromatic rings. The van der Waals surface area contributed by atoms with E-state index in [2.05, 4.69) is 0 Å². The third-order valence-electron chi connectivity index (χ3n) is 3.50. The molecule has 0 aromatic heterocycles. The van der Waals surface area contributed by atoms with Crippen molar-refractivity contribution in [3.63, 3.8) is 0 Å². The van der Waals surface area contributed by atoms with E-state index in [1.165, 1.54) is 0 Å². The summed E-state index contributed by atoms with van der Waals surface area (Å²) in [7, 11) is 0. The fourth-order valence-electron chi connectivity index (χ4n) is 1.90. The molecule has 0 aromatic carbocycles. The van der Waals surface area contributed by atoms with Crippen LogP contribution in [0.25, 0.3) is 0 Å². The highest BCUT2D eigenvalue weighted by Gasteiger charge is 2.36. The van der Waals surface area contributed by atoms with Gasteiger partial charge in [-0.25, -0.2) is 0 Å². The summed E-state index contributed by atoms with van der Waals surface area (Å²) in [4.78, 5) is 23.8. The van der Waals surface area contributed by atoms with Crippen molar-refractivity contribution in [1.29, 1.82) is 0 Å². The number of ether oxygens (including phenoxy) is 2. The van der Waals surface area contributed by atoms with Crippen LogP contribution in [0, 0.1) is 11.3 Å². The van der Waals surface area contributed by atoms with Crippen molar-refractivity contribution < 1.29 is 24.2 Å². The van der Waals surface area contributed by atoms with Crippen molar-refractivity contribution >= 4 is 11.9 Å². The Morgan fingerprint density at radius 2 is 1.85 bits per heavy atom. The van der Waals surface area contributed by atoms with Gasteiger partial charge in [0.2, 0.25) is 0 Å². The number of hydrogen-bond acceptors (Lipinski definition) is 5. The first kappa shape index (κ1) is 18.9. The summed E-state index contributed by atoms with van der Waals surface area (Å²) >= 11 is 0. The number of carbonyl (C=O) groups is 2. The van der Waals surface area contributed by atoms with E-state index in [9.17, 15) is 9.59 Å². The third kappa shape index (κ3) is 6.37. The molecule has 2 unspecified atom stereocenters. The van der Waals surface area contributed by atoms with E-state index in [4.69, 9.17) is 14.6 Å². The van der Waals surface area contributed by atoms with Crippen LogP contribution in [0.15, 0.2) is 0 Å². The zero-order valence-electron chi connectivity index (χ0n) is 13.1. The average molecular weight is 288 g/mol. The second kappa shape index (κ2) is 9.75. The molecule has 0 fully saturated rings. The molecule has 118 valence electrons. The van der Waals surface area contributed by atoms with Gasteiger partial charge < -0.3 is 14.6 Å². The molecule has 0 spiro atoms. The monoisotopic (exact) mass is 288 g/mol. The molecule has 5 heteroatoms. The molecule has 0 rings (SSSR count). The van der Waals surface area contributed by atoms with E-state index in [0.29, 0.717) is 19.4 Å². The molecule has 0 aliphatic rings. The van der Waals surface area contributed by atoms with Crippen molar-refractivity contribution in [3.05, 3.63) is 0 Å². The third-order valence-corrected chi connectivity index (χ3v) is 3.50. The topological polar surface area (TPSA) is 72.8 Å². The standard InChI is InChI=1S/C15H28O5/c1-5-7-9-20-14(18)15(4,6-2)11-12(3)13(17)19-10-8-16/h12,16H,5-11H2,1-4H3. The summed E-state index contributed by atoms with van der Waals surface area (Å²) in [6, 6.07) is 0. The maximum Gasteiger partial charge on any atom is 0.311 e. The largest absolute Gasteiger partial charge is 0.465 e. The van der Waals surface area contributed by atoms with E-state index in [-0.39, 0.29) is 25.2 Å². The van der Waals surface area contributed by atoms with Gasteiger partial charge in [0.25, 0.3) is 0 Å². The summed E-state index contributed by atoms with van der Waals surface area (Å²) < 4.78 is 10.1. The van der Waals surface area contributed by atoms with Crippen LogP contribution in [-0.4, -0.2) is 36.9 Å². The van der Waals surface area contributed by atoms with Gasteiger partial charge in [0.15, 0.2) is 0 Å². The van der Waals surface area contributed by atoms with Gasteiger partial charge >= 0.3 is 11.9 Å². The van der Waals surface area contributed by atoms with Gasteiger partial charge in [0.1, 0.15) is 6.61 Å². The van der Waals surface area contributed by atoms with E-state index < -0.39 is 11.3 Å². The Balaban J connectivity index is 4.47. The first-order valence-electron chi connectivity index (χ1n) is 7.36. The average Bonchev–Trinajstić information content (AvgIpc) is 2.44. The van der Waals surface area contributed by atoms with E-state index in [0.717, 1.165) is 12.8 Å². The van der Waals surface area contributed by atoms with Gasteiger partial charge in [0.05, 0.1) is 24.5 Å². The second-order valence-electron chi connectivity index (χ2n) is 5.40. The Morgan fingerprint density at radius 1 is 1.20 bits per heavy atom. The van der Waals surface area contributed by atoms with Gasteiger partial charge in [-0.2, -0.15) is 0 Å². The summed E-state index contributed by atoms with van der Waals surface area (Å²) in [5.74, 6) is -1.04. The lowest BCUT2D eigenvalue weighted by Crippen LogP contribution is -2.33. The Kier molecular flexibility index (Phi) is 9.21. The lowest BCUT2D eigenvalue weighted by Gasteiger charge is -2.28. The lowest BCUT2D eigenvalue weighted by atomic mass is 9.79. The smallest absolute Gasteiger partial charge is 0.311 e. The Hall–Kier alpha value is -1.10. The summed E-state index contributed by atoms with van der Waals surface area (Å²) in [6.07, 6.45) is 2.81. The number of aliphatic hydroxyl groups is 1. The quantitative estimate of drug-likeness (QED) is 0.493. The van der Waals surface area contributed by atoms with Crippen LogP contribution in [0.3, 0.4) is 0 Å². The normalized spacial score (nSPS) is 15.2. The lowest BCUT2D eigenvalue weighted by molar-refractivity contribution is -0.159. The molecule has 1 N–H and O–H groups in total. The number of aliphatic hydroxyl groups excluding tert-OH is 1. The Bertz CT molecular complexity index is 303. The maximum absolute atomic E-state index is 12.1. The highest BCUT2D eigenvalue weighted by Crippen LogP contribution is 2.32. The fraction of sp³-hybridized carbons (Fsp3) is 0.867. The van der Waals surface area contributed by atoms with E-state index in [1.54, 1.807) is 6.92 Å². The second-order valence-corrected chi connectivity index (χ2v) is 5.40. The number of esters is 2. The van der Waals surface area contributed by atoms with Crippen molar-refractivity contribution in [3.8, 4) is 0 Å². The molecule has 0 radical (unpaired) electrons. The zero-order valence-corrected chi connectivity index (χ0v) is 13.1. The van der Waals surface area contributed by atoms with Crippen molar-refractivity contribution in [2.24, 2.45) is 11.3 Å². The van der Waals surface area contributed by atoms with Crippen LogP contribution in [-0.2, 0) is 19.1 Å². The molecule has 0 aliphatic heterocycles. The van der Waals surface area contributed by atoms with Crippen LogP contribution < -0.4 is 0 Å². The first-order chi connectivity index (χ1) is 9.41. The van der Waals surface area contributed by atoms with Gasteiger partial charge in [-0.1, -0.05) is 27.2 Å². The van der Waals surface area contributed by atoms with Crippen LogP contribution in [0.4, 0.5) is 0 Å². The molecular formula is C15H28O5. The highest BCUT2D eigenvalue weighted by molar-refractivity contribution is 5.78. The minimum atomic E-state index is -0.675. The molecule has 0 saturated heterocycles. The van der Waals surface area contributed by atoms with Gasteiger partial charge in [0, 0.05) is 0 Å². The maximum atomic E-state index is 12.1. The van der Waals surface area contributed by atoms with Crippen molar-refractivity contribution in [1.82, 2.24) is 0 Å². The molecule has 0 saturated carbocycles. The summed E-state index contributed by atoms with van der Waals surface area (Å²) in [5.41, 5.74) is -0.675. The number of rotatable bonds is 10. The minimum absolute atomic E-state index is 0.00699. The minimum Gasteiger partial charge on any atom is -0.465 e. The van der Waals surface area contributed by atoms with Crippen LogP contribution in [0.5, 0.6) is 0 Å². The first-order valence-corrected chi connectivity index (χ1v) is 7.36. The fourth-order valence-corrected chi connectivity index (χ4v) is 1.90. The number of unbranched alkanes of at least 4 members (excludes halogenated alkanes) is 1. The highest BCUT2D eigenvalue weighted by atomic mass is 16.5. The molecule has 5 nitrogen and oxygen atoms in total. The van der Waals surface area contributed by atoms with Crippen LogP contribution in [0.1, 0.15) is 53.4 Å². The van der Waals surface area contributed by atoms with Gasteiger partial charge in [-0.3, -0.25) is 9.59 Å². The van der Waals surface area contributed by atoms with Gasteiger partial charge in [-0.05, 0) is 26.2 Å². The van der Waals surface area contributed by atoms with E-state index in [1.807, 2.05) is 20.8 Å². The Morgan fingerprint density at radius 3 is 2.35 bits per heavy atom. The zero-order chi connectivity index (χ0) is 15.6. The summed E-state index contributed by atoms with van der Waals surface area (Å²) in [5, 5.41) is 8.63. The van der Waals surface area contributed by atoms with Crippen molar-refractivity contribution in [2.45, 2.75) is 53.4 Å². The number of hydrogen-bond donors (Lipinski definition) is 1. The molecule has 2 atom stereocenters. The van der Waals surface area contributed by atoms with E-state index >= 15 is 0 Å². The molecule has 0 bridgehead atoms. The Labute approximate surface area is 121 Å². The molecular weight excluding hydrogens is 260 g/mol. The summed E-state index contributed by atoms with van der Waals surface area (Å²) in [6.45, 7) is 7.72.